The van der Waals surface area contributed by atoms with Gasteiger partial charge in [-0.2, -0.15) is 18.2 Å². The molecule has 0 aliphatic heterocycles. The molecular formula is C28H33F3N4O. The normalized spacial score (nSPS) is 14.4. The van der Waals surface area contributed by atoms with Gasteiger partial charge in [0.2, 0.25) is 5.95 Å². The van der Waals surface area contributed by atoms with Gasteiger partial charge in [-0.3, -0.25) is 0 Å². The Morgan fingerprint density at radius 3 is 2.44 bits per heavy atom. The van der Waals surface area contributed by atoms with Crippen LogP contribution in [0.25, 0.3) is 0 Å². The lowest BCUT2D eigenvalue weighted by Crippen LogP contribution is -2.19. The largest absolute Gasteiger partial charge is 0.490 e. The number of hydrogen-bond donors (Lipinski definition) is 2. The van der Waals surface area contributed by atoms with Crippen molar-refractivity contribution in [3.8, 4) is 5.75 Å². The average Bonchev–Trinajstić information content (AvgIpc) is 2.86. The highest BCUT2D eigenvalue weighted by Crippen LogP contribution is 2.35. The molecule has 0 radical (unpaired) electrons. The van der Waals surface area contributed by atoms with E-state index in [9.17, 15) is 13.2 Å². The van der Waals surface area contributed by atoms with Crippen LogP contribution in [0.4, 0.5) is 36.3 Å². The fourth-order valence-corrected chi connectivity index (χ4v) is 4.39. The molecule has 2 N–H and O–H groups in total. The van der Waals surface area contributed by atoms with Crippen molar-refractivity contribution >= 4 is 23.1 Å². The number of unbranched alkanes of at least 4 members (excludes halogenated alkanes) is 2. The van der Waals surface area contributed by atoms with Gasteiger partial charge in [0.15, 0.2) is 0 Å². The molecule has 1 aromatic heterocycles. The molecule has 0 atom stereocenters. The lowest BCUT2D eigenvalue weighted by molar-refractivity contribution is -0.137. The predicted molar refractivity (Wildman–Crippen MR) is 137 cm³/mol. The minimum atomic E-state index is -4.59. The third-order valence-corrected chi connectivity index (χ3v) is 6.32. The molecule has 1 aliphatic carbocycles. The van der Waals surface area contributed by atoms with E-state index < -0.39 is 11.7 Å². The summed E-state index contributed by atoms with van der Waals surface area (Å²) in [6.45, 7) is 2.14. The summed E-state index contributed by atoms with van der Waals surface area (Å²) >= 11 is 0. The maximum absolute atomic E-state index is 13.7. The number of alkyl halides is 3. The van der Waals surface area contributed by atoms with Crippen molar-refractivity contribution in [1.29, 1.82) is 0 Å². The second-order valence-corrected chi connectivity index (χ2v) is 9.26. The number of nitrogens with one attached hydrogen (secondary N) is 2. The van der Waals surface area contributed by atoms with Crippen molar-refractivity contribution in [3.63, 3.8) is 0 Å². The number of anilines is 4. The number of aryl methyl sites for hydroxylation is 1. The van der Waals surface area contributed by atoms with Crippen molar-refractivity contribution in [2.75, 3.05) is 10.6 Å². The summed E-state index contributed by atoms with van der Waals surface area (Å²) in [6.07, 6.45) is 6.39. The molecule has 1 fully saturated rings. The fraction of sp³-hybridized carbons (Fsp3) is 0.429. The molecule has 192 valence electrons. The van der Waals surface area contributed by atoms with E-state index in [0.717, 1.165) is 56.0 Å². The molecule has 36 heavy (non-hydrogen) atoms. The topological polar surface area (TPSA) is 59.1 Å². The zero-order valence-electron chi connectivity index (χ0n) is 20.6. The Balaban J connectivity index is 1.48. The smallest absolute Gasteiger partial charge is 0.421 e. The van der Waals surface area contributed by atoms with Crippen molar-refractivity contribution in [1.82, 2.24) is 9.97 Å². The maximum atomic E-state index is 13.7. The number of aromatic nitrogens is 2. The fourth-order valence-electron chi connectivity index (χ4n) is 4.39. The van der Waals surface area contributed by atoms with Crippen LogP contribution in [0.15, 0.2) is 54.7 Å². The SMILES string of the molecule is CCCCCc1cccc(Nc2nc(Nc3ccc(OC4CCCCC4)cc3)ncc2C(F)(F)F)c1. The van der Waals surface area contributed by atoms with Crippen LogP contribution in [0, 0.1) is 0 Å². The highest BCUT2D eigenvalue weighted by atomic mass is 19.4. The first kappa shape index (κ1) is 25.8. The van der Waals surface area contributed by atoms with Gasteiger partial charge in [-0.1, -0.05) is 38.3 Å². The first-order valence-electron chi connectivity index (χ1n) is 12.7. The van der Waals surface area contributed by atoms with Gasteiger partial charge in [0.25, 0.3) is 0 Å². The van der Waals surface area contributed by atoms with Gasteiger partial charge < -0.3 is 15.4 Å². The molecular weight excluding hydrogens is 465 g/mol. The maximum Gasteiger partial charge on any atom is 0.421 e. The van der Waals surface area contributed by atoms with Crippen LogP contribution in [0.1, 0.15) is 69.4 Å². The summed E-state index contributed by atoms with van der Waals surface area (Å²) in [4.78, 5) is 8.08. The Bertz CT molecular complexity index is 1110. The lowest BCUT2D eigenvalue weighted by Gasteiger charge is -2.23. The average molecular weight is 499 g/mol. The Hall–Kier alpha value is -3.29. The van der Waals surface area contributed by atoms with Gasteiger partial charge in [-0.05, 0) is 80.5 Å². The van der Waals surface area contributed by atoms with Crippen molar-refractivity contribution in [3.05, 3.63) is 65.9 Å². The monoisotopic (exact) mass is 498 g/mol. The van der Waals surface area contributed by atoms with Gasteiger partial charge in [-0.25, -0.2) is 4.98 Å². The summed E-state index contributed by atoms with van der Waals surface area (Å²) in [6, 6.07) is 14.8. The van der Waals surface area contributed by atoms with Crippen LogP contribution in [0.5, 0.6) is 5.75 Å². The van der Waals surface area contributed by atoms with E-state index in [2.05, 4.69) is 27.5 Å². The molecule has 5 nitrogen and oxygen atoms in total. The highest BCUT2D eigenvalue weighted by Gasteiger charge is 2.35. The number of rotatable bonds is 10. The quantitative estimate of drug-likeness (QED) is 0.275. The van der Waals surface area contributed by atoms with Crippen LogP contribution >= 0.6 is 0 Å². The summed E-state index contributed by atoms with van der Waals surface area (Å²) in [5.74, 6) is 0.565. The van der Waals surface area contributed by atoms with E-state index in [1.807, 2.05) is 42.5 Å². The van der Waals surface area contributed by atoms with Gasteiger partial charge in [0.1, 0.15) is 17.1 Å². The molecule has 0 amide bonds. The van der Waals surface area contributed by atoms with E-state index in [-0.39, 0.29) is 17.9 Å². The Morgan fingerprint density at radius 2 is 1.72 bits per heavy atom. The van der Waals surface area contributed by atoms with Crippen LogP contribution in [0.3, 0.4) is 0 Å². The summed E-state index contributed by atoms with van der Waals surface area (Å²) in [5.41, 5.74) is 1.38. The zero-order valence-corrected chi connectivity index (χ0v) is 20.6. The summed E-state index contributed by atoms with van der Waals surface area (Å²) in [5, 5.41) is 5.86. The van der Waals surface area contributed by atoms with E-state index >= 15 is 0 Å². The molecule has 4 rings (SSSR count). The van der Waals surface area contributed by atoms with Crippen molar-refractivity contribution in [2.24, 2.45) is 0 Å². The minimum Gasteiger partial charge on any atom is -0.490 e. The second-order valence-electron chi connectivity index (χ2n) is 9.26. The molecule has 1 aliphatic rings. The Morgan fingerprint density at radius 1 is 0.944 bits per heavy atom. The van der Waals surface area contributed by atoms with E-state index in [4.69, 9.17) is 4.74 Å². The number of ether oxygens (including phenoxy) is 1. The number of halogens is 3. The van der Waals surface area contributed by atoms with Crippen LogP contribution in [-0.4, -0.2) is 16.1 Å². The second kappa shape index (κ2) is 12.1. The number of nitrogens with zero attached hydrogens (tertiary/aromatic N) is 2. The van der Waals surface area contributed by atoms with Crippen LogP contribution in [0.2, 0.25) is 0 Å². The molecule has 1 saturated carbocycles. The summed E-state index contributed by atoms with van der Waals surface area (Å²) in [7, 11) is 0. The highest BCUT2D eigenvalue weighted by molar-refractivity contribution is 5.63. The molecule has 1 heterocycles. The van der Waals surface area contributed by atoms with Gasteiger partial charge >= 0.3 is 6.18 Å². The zero-order chi connectivity index (χ0) is 25.4. The molecule has 8 heteroatoms. The number of hydrogen-bond acceptors (Lipinski definition) is 5. The van der Waals surface area contributed by atoms with Crippen LogP contribution < -0.4 is 15.4 Å². The van der Waals surface area contributed by atoms with Gasteiger partial charge in [0.05, 0.1) is 6.10 Å². The van der Waals surface area contributed by atoms with E-state index in [1.54, 1.807) is 6.07 Å². The Labute approximate surface area is 210 Å². The summed E-state index contributed by atoms with van der Waals surface area (Å²) < 4.78 is 47.1. The van der Waals surface area contributed by atoms with E-state index in [0.29, 0.717) is 11.4 Å². The standard InChI is InChI=1S/C28H33F3N4O/c1-2-3-5-9-20-10-8-11-22(18-20)33-26-25(28(29,30)31)19-32-27(35-26)34-21-14-16-24(17-15-21)36-23-12-6-4-7-13-23/h8,10-11,14-19,23H,2-7,9,12-13H2,1H3,(H2,32,33,34,35). The number of benzene rings is 2. The first-order valence-corrected chi connectivity index (χ1v) is 12.7. The third-order valence-electron chi connectivity index (χ3n) is 6.32. The molecule has 0 spiro atoms. The van der Waals surface area contributed by atoms with Crippen molar-refractivity contribution < 1.29 is 17.9 Å². The van der Waals surface area contributed by atoms with Gasteiger partial charge in [0, 0.05) is 17.6 Å². The predicted octanol–water partition coefficient (Wildman–Crippen LogP) is 8.43. The molecule has 0 bridgehead atoms. The van der Waals surface area contributed by atoms with Crippen LogP contribution in [-0.2, 0) is 12.6 Å². The van der Waals surface area contributed by atoms with Crippen molar-refractivity contribution in [2.45, 2.75) is 77.0 Å². The molecule has 2 aromatic carbocycles. The minimum absolute atomic E-state index is 0.0746. The lowest BCUT2D eigenvalue weighted by atomic mass is 9.98. The molecule has 0 unspecified atom stereocenters. The molecule has 0 saturated heterocycles. The Kier molecular flexibility index (Phi) is 8.67. The van der Waals surface area contributed by atoms with E-state index in [1.165, 1.54) is 19.3 Å². The van der Waals surface area contributed by atoms with Gasteiger partial charge in [-0.15, -0.1) is 0 Å². The first-order chi connectivity index (χ1) is 17.4. The third kappa shape index (κ3) is 7.35. The molecule has 3 aromatic rings.